The number of imidazole rings is 1. The third-order valence-electron chi connectivity index (χ3n) is 5.63. The molecule has 0 spiro atoms. The first kappa shape index (κ1) is 25.6. The molecule has 4 rings (SSSR count). The van der Waals surface area contributed by atoms with Gasteiger partial charge in [0.05, 0.1) is 30.3 Å². The molecular formula is C26H27BrN4O5. The molecule has 3 heterocycles. The maximum absolute atomic E-state index is 12.6. The van der Waals surface area contributed by atoms with Gasteiger partial charge in [-0.1, -0.05) is 22.0 Å². The molecule has 0 fully saturated rings. The lowest BCUT2D eigenvalue weighted by Gasteiger charge is -2.22. The van der Waals surface area contributed by atoms with Gasteiger partial charge in [-0.25, -0.2) is 14.6 Å². The van der Waals surface area contributed by atoms with Crippen molar-refractivity contribution in [3.63, 3.8) is 0 Å². The second-order valence-electron chi connectivity index (χ2n) is 8.68. The molecule has 1 aromatic carbocycles. The van der Waals surface area contributed by atoms with E-state index in [0.29, 0.717) is 6.42 Å². The number of aliphatic imine (C=N–C) groups is 1. The zero-order valence-corrected chi connectivity index (χ0v) is 22.1. The number of esters is 1. The zero-order valence-electron chi connectivity index (χ0n) is 20.5. The number of aryl methyl sites for hydroxylation is 1. The number of fused-ring (bicyclic) bond motifs is 3. The van der Waals surface area contributed by atoms with Gasteiger partial charge in [0.2, 0.25) is 5.60 Å². The van der Waals surface area contributed by atoms with Gasteiger partial charge in [0, 0.05) is 34.5 Å². The summed E-state index contributed by atoms with van der Waals surface area (Å²) in [6.07, 6.45) is 2.97. The Balaban J connectivity index is 1.64. The van der Waals surface area contributed by atoms with Gasteiger partial charge < -0.3 is 14.2 Å². The van der Waals surface area contributed by atoms with E-state index in [4.69, 9.17) is 19.2 Å². The van der Waals surface area contributed by atoms with Gasteiger partial charge in [-0.05, 0) is 58.0 Å². The lowest BCUT2D eigenvalue weighted by Crippen LogP contribution is -2.39. The maximum Gasteiger partial charge on any atom is 0.509 e. The Hall–Kier alpha value is -3.53. The molecule has 0 unspecified atom stereocenters. The molecule has 0 saturated carbocycles. The van der Waals surface area contributed by atoms with Crippen LogP contribution in [0.5, 0.6) is 0 Å². The van der Waals surface area contributed by atoms with Crippen molar-refractivity contribution in [1.29, 1.82) is 0 Å². The molecule has 0 N–H and O–H groups in total. The highest BCUT2D eigenvalue weighted by atomic mass is 79.9. The number of pyridine rings is 1. The van der Waals surface area contributed by atoms with Crippen LogP contribution in [0.4, 0.5) is 4.79 Å². The number of nitrogens with zero attached hydrogens (tertiary/aromatic N) is 4. The van der Waals surface area contributed by atoms with E-state index in [9.17, 15) is 9.59 Å². The highest BCUT2D eigenvalue weighted by Crippen LogP contribution is 2.34. The topological polar surface area (TPSA) is 105 Å². The van der Waals surface area contributed by atoms with Crippen molar-refractivity contribution < 1.29 is 23.8 Å². The summed E-state index contributed by atoms with van der Waals surface area (Å²) in [5, 5.41) is 0. The highest BCUT2D eigenvalue weighted by molar-refractivity contribution is 9.10. The molecule has 0 saturated heterocycles. The van der Waals surface area contributed by atoms with E-state index in [1.807, 2.05) is 43.3 Å². The van der Waals surface area contributed by atoms with Gasteiger partial charge in [0.25, 0.3) is 0 Å². The lowest BCUT2D eigenvalue weighted by molar-refractivity contribution is -0.164. The van der Waals surface area contributed by atoms with Gasteiger partial charge in [-0.15, -0.1) is 0 Å². The van der Waals surface area contributed by atoms with E-state index in [0.717, 1.165) is 38.6 Å². The van der Waals surface area contributed by atoms with E-state index in [1.54, 1.807) is 19.3 Å². The van der Waals surface area contributed by atoms with Crippen LogP contribution in [0, 0.1) is 6.92 Å². The fourth-order valence-corrected chi connectivity index (χ4v) is 4.28. The summed E-state index contributed by atoms with van der Waals surface area (Å²) < 4.78 is 18.3. The number of carbonyl (C=O) groups excluding carboxylic acids is 2. The predicted molar refractivity (Wildman–Crippen MR) is 136 cm³/mol. The minimum absolute atomic E-state index is 0.0457. The summed E-state index contributed by atoms with van der Waals surface area (Å²) in [5.74, 6) is 0.0601. The molecule has 1 aliphatic heterocycles. The summed E-state index contributed by atoms with van der Waals surface area (Å²) in [6, 6.07) is 11.3. The third-order valence-corrected chi connectivity index (χ3v) is 6.12. The number of rotatable bonds is 7. The Kier molecular flexibility index (Phi) is 7.53. The van der Waals surface area contributed by atoms with Crippen LogP contribution in [0.25, 0.3) is 5.69 Å². The van der Waals surface area contributed by atoms with Crippen molar-refractivity contribution in [2.75, 3.05) is 13.2 Å². The molecule has 36 heavy (non-hydrogen) atoms. The predicted octanol–water partition coefficient (Wildman–Crippen LogP) is 5.12. The number of hydrogen-bond acceptors (Lipinski definition) is 8. The largest absolute Gasteiger partial charge is 0.509 e. The monoisotopic (exact) mass is 554 g/mol. The number of hydrogen-bond donors (Lipinski definition) is 0. The SMILES string of the molecule is CCOC(=O)OC(C)(C)C(=O)OCC[C@@H]1N=C(c2ccccn2)c2cc(Br)ccc2-n2c(C)cnc21. The highest BCUT2D eigenvalue weighted by Gasteiger charge is 2.35. The van der Waals surface area contributed by atoms with Crippen LogP contribution in [0.3, 0.4) is 0 Å². The standard InChI is InChI=1S/C26H27BrN4O5/c1-5-34-25(33)36-26(3,4)24(32)35-13-11-20-23-29-15-16(2)31(23)21-10-9-17(27)14-18(21)22(30-20)19-8-6-7-12-28-19/h6-10,12,14-15,20H,5,11,13H2,1-4H3/t20-/m0/s1. The fraction of sp³-hybridized carbons (Fsp3) is 0.346. The molecule has 1 aliphatic rings. The Labute approximate surface area is 217 Å². The van der Waals surface area contributed by atoms with E-state index in [2.05, 4.69) is 30.5 Å². The number of carbonyl (C=O) groups is 2. The van der Waals surface area contributed by atoms with Gasteiger partial charge in [0.15, 0.2) is 0 Å². The molecule has 10 heteroatoms. The van der Waals surface area contributed by atoms with Crippen LogP contribution in [0.15, 0.2) is 58.3 Å². The van der Waals surface area contributed by atoms with Gasteiger partial charge >= 0.3 is 12.1 Å². The van der Waals surface area contributed by atoms with E-state index in [1.165, 1.54) is 13.8 Å². The molecule has 3 aromatic rings. The third kappa shape index (κ3) is 5.33. The van der Waals surface area contributed by atoms with Crippen LogP contribution in [-0.4, -0.2) is 51.2 Å². The first-order valence-corrected chi connectivity index (χ1v) is 12.4. The number of aromatic nitrogens is 3. The molecule has 0 amide bonds. The van der Waals surface area contributed by atoms with E-state index in [-0.39, 0.29) is 13.2 Å². The van der Waals surface area contributed by atoms with E-state index < -0.39 is 23.8 Å². The Morgan fingerprint density at radius 1 is 1.14 bits per heavy atom. The summed E-state index contributed by atoms with van der Waals surface area (Å²) in [4.78, 5) is 38.6. The minimum atomic E-state index is -1.49. The second kappa shape index (κ2) is 10.6. The van der Waals surface area contributed by atoms with Crippen molar-refractivity contribution in [2.24, 2.45) is 4.99 Å². The quantitative estimate of drug-likeness (QED) is 0.373. The van der Waals surface area contributed by atoms with E-state index >= 15 is 0 Å². The molecule has 0 bridgehead atoms. The van der Waals surface area contributed by atoms with Crippen molar-refractivity contribution >= 4 is 33.8 Å². The number of ether oxygens (including phenoxy) is 3. The number of halogens is 1. The molecule has 0 radical (unpaired) electrons. The second-order valence-corrected chi connectivity index (χ2v) is 9.60. The smallest absolute Gasteiger partial charge is 0.463 e. The summed E-state index contributed by atoms with van der Waals surface area (Å²) in [7, 11) is 0. The van der Waals surface area contributed by atoms with Crippen LogP contribution < -0.4 is 0 Å². The Bertz CT molecular complexity index is 1300. The molecule has 9 nitrogen and oxygen atoms in total. The maximum atomic E-state index is 12.6. The van der Waals surface area contributed by atoms with Crippen molar-refractivity contribution in [3.05, 3.63) is 76.0 Å². The van der Waals surface area contributed by atoms with Crippen molar-refractivity contribution in [3.8, 4) is 5.69 Å². The average molecular weight is 555 g/mol. The van der Waals surface area contributed by atoms with Gasteiger partial charge in [-0.3, -0.25) is 14.5 Å². The molecule has 0 aliphatic carbocycles. The van der Waals surface area contributed by atoms with Crippen LogP contribution in [-0.2, 0) is 19.0 Å². The summed E-state index contributed by atoms with van der Waals surface area (Å²) in [5.41, 5.74) is 2.77. The Morgan fingerprint density at radius 2 is 1.94 bits per heavy atom. The Morgan fingerprint density at radius 3 is 2.67 bits per heavy atom. The van der Waals surface area contributed by atoms with Crippen molar-refractivity contribution in [2.45, 2.75) is 45.8 Å². The normalized spacial score (nSPS) is 14.7. The summed E-state index contributed by atoms with van der Waals surface area (Å²) in [6.45, 7) is 6.75. The molecular weight excluding hydrogens is 528 g/mol. The van der Waals surface area contributed by atoms with Gasteiger partial charge in [-0.2, -0.15) is 0 Å². The van der Waals surface area contributed by atoms with Gasteiger partial charge in [0.1, 0.15) is 11.9 Å². The number of benzene rings is 1. The molecule has 188 valence electrons. The first-order valence-electron chi connectivity index (χ1n) is 11.6. The fourth-order valence-electron chi connectivity index (χ4n) is 3.92. The van der Waals surface area contributed by atoms with Crippen LogP contribution in [0.2, 0.25) is 0 Å². The lowest BCUT2D eigenvalue weighted by atomic mass is 10.0. The molecule has 2 aromatic heterocycles. The first-order chi connectivity index (χ1) is 17.2. The zero-order chi connectivity index (χ0) is 25.9. The van der Waals surface area contributed by atoms with Crippen LogP contribution in [0.1, 0.15) is 56.0 Å². The minimum Gasteiger partial charge on any atom is -0.463 e. The van der Waals surface area contributed by atoms with Crippen molar-refractivity contribution in [1.82, 2.24) is 14.5 Å². The van der Waals surface area contributed by atoms with Crippen LogP contribution >= 0.6 is 15.9 Å². The average Bonchev–Trinajstić information content (AvgIpc) is 3.16. The molecule has 1 atom stereocenters. The summed E-state index contributed by atoms with van der Waals surface area (Å²) >= 11 is 3.58.